The van der Waals surface area contributed by atoms with Gasteiger partial charge in [0, 0.05) is 35.0 Å². The lowest BCUT2D eigenvalue weighted by Crippen LogP contribution is -2.14. The molecule has 0 bridgehead atoms. The first-order chi connectivity index (χ1) is 12.4. The van der Waals surface area contributed by atoms with Crippen LogP contribution in [0, 0.1) is 0 Å². The van der Waals surface area contributed by atoms with E-state index < -0.39 is 11.7 Å². The fraction of sp³-hybridized carbons (Fsp3) is 0.211. The molecule has 7 heteroatoms. The van der Waals surface area contributed by atoms with Gasteiger partial charge in [-0.05, 0) is 29.3 Å². The number of halogens is 4. The van der Waals surface area contributed by atoms with Gasteiger partial charge in [0.25, 0.3) is 0 Å². The molecule has 3 rings (SSSR count). The van der Waals surface area contributed by atoms with Crippen LogP contribution < -0.4 is 0 Å². The maximum atomic E-state index is 13.5. The standard InChI is InChI=1S/C19H16ClF3N2S/c20-15-7-5-14(6-8-15)12-26-18(11-25-10-9-24-13-25)16-3-1-2-4-17(16)19(21,22)23/h1-10,13,18H,11-12H2. The van der Waals surface area contributed by atoms with Crippen molar-refractivity contribution in [3.05, 3.63) is 89.0 Å². The van der Waals surface area contributed by atoms with Gasteiger partial charge in [0.1, 0.15) is 0 Å². The summed E-state index contributed by atoms with van der Waals surface area (Å²) < 4.78 is 42.2. The summed E-state index contributed by atoms with van der Waals surface area (Å²) in [6, 6.07) is 13.1. The second-order valence-electron chi connectivity index (χ2n) is 5.77. The molecule has 0 aliphatic rings. The van der Waals surface area contributed by atoms with Crippen LogP contribution >= 0.6 is 23.4 Å². The number of nitrogens with zero attached hydrogens (tertiary/aromatic N) is 2. The fourth-order valence-corrected chi connectivity index (χ4v) is 4.02. The van der Waals surface area contributed by atoms with Crippen LogP contribution in [-0.2, 0) is 18.5 Å². The van der Waals surface area contributed by atoms with E-state index in [1.54, 1.807) is 47.6 Å². The number of hydrogen-bond donors (Lipinski definition) is 0. The van der Waals surface area contributed by atoms with Crippen molar-refractivity contribution < 1.29 is 13.2 Å². The Labute approximate surface area is 159 Å². The Hall–Kier alpha value is -1.92. The molecule has 2 nitrogen and oxygen atoms in total. The minimum absolute atomic E-state index is 0.285. The molecule has 1 heterocycles. The highest BCUT2D eigenvalue weighted by molar-refractivity contribution is 7.98. The molecule has 0 radical (unpaired) electrons. The first-order valence-electron chi connectivity index (χ1n) is 7.91. The molecule has 1 unspecified atom stereocenters. The van der Waals surface area contributed by atoms with Crippen molar-refractivity contribution >= 4 is 23.4 Å². The van der Waals surface area contributed by atoms with E-state index in [9.17, 15) is 13.2 Å². The summed E-state index contributed by atoms with van der Waals surface area (Å²) in [6.07, 6.45) is 0.610. The van der Waals surface area contributed by atoms with E-state index >= 15 is 0 Å². The maximum absolute atomic E-state index is 13.5. The van der Waals surface area contributed by atoms with Gasteiger partial charge >= 0.3 is 6.18 Å². The maximum Gasteiger partial charge on any atom is 0.416 e. The summed E-state index contributed by atoms with van der Waals surface area (Å²) in [6.45, 7) is 0.408. The summed E-state index contributed by atoms with van der Waals surface area (Å²) in [5, 5.41) is 0.272. The van der Waals surface area contributed by atoms with Crippen molar-refractivity contribution in [2.45, 2.75) is 23.7 Å². The monoisotopic (exact) mass is 396 g/mol. The first-order valence-corrected chi connectivity index (χ1v) is 9.34. The van der Waals surface area contributed by atoms with Gasteiger partial charge in [-0.15, -0.1) is 11.8 Å². The number of imidazole rings is 1. The summed E-state index contributed by atoms with van der Waals surface area (Å²) in [5.74, 6) is 0.586. The van der Waals surface area contributed by atoms with Gasteiger partial charge < -0.3 is 4.57 Å². The normalized spacial score (nSPS) is 12.9. The zero-order valence-electron chi connectivity index (χ0n) is 13.7. The Morgan fingerprint density at radius 3 is 2.46 bits per heavy atom. The van der Waals surface area contributed by atoms with Crippen molar-refractivity contribution in [1.29, 1.82) is 0 Å². The molecular formula is C19H16ClF3N2S. The molecule has 0 N–H and O–H groups in total. The average molecular weight is 397 g/mol. The van der Waals surface area contributed by atoms with Crippen LogP contribution in [0.15, 0.2) is 67.3 Å². The average Bonchev–Trinajstić information content (AvgIpc) is 3.12. The highest BCUT2D eigenvalue weighted by Gasteiger charge is 2.35. The molecule has 0 saturated heterocycles. The Morgan fingerprint density at radius 2 is 1.81 bits per heavy atom. The lowest BCUT2D eigenvalue weighted by molar-refractivity contribution is -0.138. The number of aromatic nitrogens is 2. The molecule has 0 aliphatic heterocycles. The third kappa shape index (κ3) is 4.83. The third-order valence-electron chi connectivity index (χ3n) is 3.91. The molecule has 0 spiro atoms. The van der Waals surface area contributed by atoms with E-state index in [2.05, 4.69) is 4.98 Å². The van der Waals surface area contributed by atoms with E-state index in [1.165, 1.54) is 17.8 Å². The second-order valence-corrected chi connectivity index (χ2v) is 7.40. The number of benzene rings is 2. The van der Waals surface area contributed by atoms with Crippen LogP contribution in [-0.4, -0.2) is 9.55 Å². The minimum atomic E-state index is -4.38. The SMILES string of the molecule is FC(F)(F)c1ccccc1C(Cn1ccnc1)SCc1ccc(Cl)cc1. The van der Waals surface area contributed by atoms with Crippen molar-refractivity contribution in [3.63, 3.8) is 0 Å². The van der Waals surface area contributed by atoms with Crippen LogP contribution in [0.5, 0.6) is 0 Å². The van der Waals surface area contributed by atoms with E-state index in [-0.39, 0.29) is 10.8 Å². The molecule has 0 amide bonds. The van der Waals surface area contributed by atoms with Crippen LogP contribution in [0.4, 0.5) is 13.2 Å². The molecular weight excluding hydrogens is 381 g/mol. The molecule has 3 aromatic rings. The van der Waals surface area contributed by atoms with E-state index in [0.717, 1.165) is 11.6 Å². The van der Waals surface area contributed by atoms with Crippen LogP contribution in [0.2, 0.25) is 5.02 Å². The smallest absolute Gasteiger partial charge is 0.336 e. The quantitative estimate of drug-likeness (QED) is 0.491. The highest BCUT2D eigenvalue weighted by atomic mass is 35.5. The predicted octanol–water partition coefficient (Wildman–Crippen LogP) is 6.23. The van der Waals surface area contributed by atoms with Gasteiger partial charge in [-0.3, -0.25) is 0 Å². The zero-order chi connectivity index (χ0) is 18.6. The molecule has 1 aromatic heterocycles. The van der Waals surface area contributed by atoms with Crippen molar-refractivity contribution in [2.24, 2.45) is 0 Å². The number of hydrogen-bond acceptors (Lipinski definition) is 2. The Kier molecular flexibility index (Phi) is 5.94. The van der Waals surface area contributed by atoms with E-state index in [1.807, 2.05) is 12.1 Å². The summed E-state index contributed by atoms with van der Waals surface area (Å²) in [7, 11) is 0. The second kappa shape index (κ2) is 8.18. The highest BCUT2D eigenvalue weighted by Crippen LogP contribution is 2.41. The summed E-state index contributed by atoms with van der Waals surface area (Å²) in [5.41, 5.74) is 0.709. The summed E-state index contributed by atoms with van der Waals surface area (Å²) >= 11 is 7.36. The van der Waals surface area contributed by atoms with Gasteiger partial charge in [0.2, 0.25) is 0 Å². The third-order valence-corrected chi connectivity index (χ3v) is 5.47. The van der Waals surface area contributed by atoms with Crippen LogP contribution in [0.1, 0.15) is 21.9 Å². The van der Waals surface area contributed by atoms with Crippen LogP contribution in [0.3, 0.4) is 0 Å². The van der Waals surface area contributed by atoms with Gasteiger partial charge in [-0.2, -0.15) is 13.2 Å². The lowest BCUT2D eigenvalue weighted by Gasteiger charge is -2.22. The van der Waals surface area contributed by atoms with Gasteiger partial charge in [-0.1, -0.05) is 41.9 Å². The number of thioether (sulfide) groups is 1. The topological polar surface area (TPSA) is 17.8 Å². The summed E-state index contributed by atoms with van der Waals surface area (Å²) in [4.78, 5) is 3.98. The Balaban J connectivity index is 1.87. The van der Waals surface area contributed by atoms with Crippen molar-refractivity contribution in [2.75, 3.05) is 0 Å². The van der Waals surface area contributed by atoms with Crippen molar-refractivity contribution in [3.8, 4) is 0 Å². The van der Waals surface area contributed by atoms with E-state index in [4.69, 9.17) is 11.6 Å². The predicted molar refractivity (Wildman–Crippen MR) is 99.2 cm³/mol. The minimum Gasteiger partial charge on any atom is -0.336 e. The van der Waals surface area contributed by atoms with Crippen LogP contribution in [0.25, 0.3) is 0 Å². The zero-order valence-corrected chi connectivity index (χ0v) is 15.2. The number of rotatable bonds is 6. The van der Waals surface area contributed by atoms with Gasteiger partial charge in [-0.25, -0.2) is 4.98 Å². The Morgan fingerprint density at radius 1 is 1.08 bits per heavy atom. The molecule has 2 aromatic carbocycles. The molecule has 0 fully saturated rings. The largest absolute Gasteiger partial charge is 0.416 e. The molecule has 0 saturated carbocycles. The van der Waals surface area contributed by atoms with E-state index in [0.29, 0.717) is 17.3 Å². The van der Waals surface area contributed by atoms with Gasteiger partial charge in [0.15, 0.2) is 0 Å². The molecule has 1 atom stereocenters. The molecule has 26 heavy (non-hydrogen) atoms. The number of alkyl halides is 3. The Bertz CT molecular complexity index is 833. The molecule has 0 aliphatic carbocycles. The lowest BCUT2D eigenvalue weighted by atomic mass is 10.0. The molecule has 136 valence electrons. The fourth-order valence-electron chi connectivity index (χ4n) is 2.64. The van der Waals surface area contributed by atoms with Crippen molar-refractivity contribution in [1.82, 2.24) is 9.55 Å². The van der Waals surface area contributed by atoms with Gasteiger partial charge in [0.05, 0.1) is 11.9 Å². The first kappa shape index (κ1) is 18.9.